The Morgan fingerprint density at radius 3 is 2.76 bits per heavy atom. The molecule has 1 aromatic rings. The second kappa shape index (κ2) is 6.58. The Morgan fingerprint density at radius 1 is 1.43 bits per heavy atom. The van der Waals surface area contributed by atoms with Crippen LogP contribution in [-0.4, -0.2) is 47.3 Å². The second-order valence-electron chi connectivity index (χ2n) is 5.52. The van der Waals surface area contributed by atoms with Crippen molar-refractivity contribution in [1.29, 1.82) is 0 Å². The van der Waals surface area contributed by atoms with E-state index in [4.69, 9.17) is 0 Å². The van der Waals surface area contributed by atoms with Gasteiger partial charge in [0.25, 0.3) is 0 Å². The van der Waals surface area contributed by atoms with E-state index in [9.17, 15) is 14.7 Å². The van der Waals surface area contributed by atoms with E-state index in [0.29, 0.717) is 19.5 Å². The molecule has 0 saturated carbocycles. The zero-order valence-corrected chi connectivity index (χ0v) is 12.1. The number of aryl methyl sites for hydroxylation is 1. The minimum Gasteiger partial charge on any atom is -0.388 e. The first-order valence-electron chi connectivity index (χ1n) is 7.07. The lowest BCUT2D eigenvalue weighted by atomic mass is 9.97. The van der Waals surface area contributed by atoms with Crippen molar-refractivity contribution in [2.75, 3.05) is 19.6 Å². The Hall–Kier alpha value is -2.08. The van der Waals surface area contributed by atoms with Gasteiger partial charge in [0, 0.05) is 19.6 Å². The van der Waals surface area contributed by atoms with Crippen LogP contribution >= 0.6 is 0 Å². The summed E-state index contributed by atoms with van der Waals surface area (Å²) in [6.45, 7) is 2.62. The average Bonchev–Trinajstić information content (AvgIpc) is 2.90. The molecule has 114 valence electrons. The Balaban J connectivity index is 1.78. The molecule has 0 radical (unpaired) electrons. The molecule has 1 saturated heterocycles. The number of carbonyl (C=O) groups is 2. The monoisotopic (exact) mass is 291 g/mol. The molecule has 1 heterocycles. The molecule has 0 aliphatic carbocycles. The third-order valence-corrected chi connectivity index (χ3v) is 3.52. The molecule has 1 aliphatic heterocycles. The number of amides is 4. The summed E-state index contributed by atoms with van der Waals surface area (Å²) in [6.07, 6.45) is 1.26. The number of hydrogen-bond acceptors (Lipinski definition) is 3. The van der Waals surface area contributed by atoms with Gasteiger partial charge in [-0.15, -0.1) is 0 Å². The van der Waals surface area contributed by atoms with E-state index in [-0.39, 0.29) is 6.54 Å². The summed E-state index contributed by atoms with van der Waals surface area (Å²) in [5, 5.41) is 15.5. The van der Waals surface area contributed by atoms with Crippen LogP contribution in [0.25, 0.3) is 0 Å². The maximum Gasteiger partial charge on any atom is 0.325 e. The van der Waals surface area contributed by atoms with Gasteiger partial charge in [-0.2, -0.15) is 0 Å². The molecule has 0 aromatic heterocycles. The molecule has 1 fully saturated rings. The SMILES string of the molecule is C[C@](O)(CCc1ccccc1)CNC(=O)N1CCNC1=O. The molecule has 1 aliphatic rings. The van der Waals surface area contributed by atoms with E-state index >= 15 is 0 Å². The van der Waals surface area contributed by atoms with Crippen molar-refractivity contribution in [1.82, 2.24) is 15.5 Å². The van der Waals surface area contributed by atoms with Crippen LogP contribution in [0.1, 0.15) is 18.9 Å². The van der Waals surface area contributed by atoms with Crippen molar-refractivity contribution in [3.63, 3.8) is 0 Å². The van der Waals surface area contributed by atoms with Gasteiger partial charge in [-0.25, -0.2) is 14.5 Å². The lowest BCUT2D eigenvalue weighted by Gasteiger charge is -2.25. The van der Waals surface area contributed by atoms with Gasteiger partial charge in [-0.05, 0) is 25.3 Å². The van der Waals surface area contributed by atoms with Crippen molar-refractivity contribution < 1.29 is 14.7 Å². The highest BCUT2D eigenvalue weighted by atomic mass is 16.3. The number of hydrogen-bond donors (Lipinski definition) is 3. The van der Waals surface area contributed by atoms with E-state index in [1.54, 1.807) is 6.92 Å². The highest BCUT2D eigenvalue weighted by molar-refractivity contribution is 5.94. The number of carbonyl (C=O) groups excluding carboxylic acids is 2. The lowest BCUT2D eigenvalue weighted by Crippen LogP contribution is -2.47. The minimum absolute atomic E-state index is 0.114. The molecule has 4 amide bonds. The molecule has 0 bridgehead atoms. The predicted molar refractivity (Wildman–Crippen MR) is 78.9 cm³/mol. The first-order valence-corrected chi connectivity index (χ1v) is 7.07. The van der Waals surface area contributed by atoms with Gasteiger partial charge in [0.1, 0.15) is 0 Å². The summed E-state index contributed by atoms with van der Waals surface area (Å²) >= 11 is 0. The zero-order chi connectivity index (χ0) is 15.3. The summed E-state index contributed by atoms with van der Waals surface area (Å²) in [6, 6.07) is 9.01. The normalized spacial score (nSPS) is 17.2. The van der Waals surface area contributed by atoms with Gasteiger partial charge in [0.15, 0.2) is 0 Å². The molecule has 0 unspecified atom stereocenters. The third-order valence-electron chi connectivity index (χ3n) is 3.52. The first kappa shape index (κ1) is 15.3. The average molecular weight is 291 g/mol. The molecule has 2 rings (SSSR count). The summed E-state index contributed by atoms with van der Waals surface area (Å²) in [4.78, 5) is 24.3. The smallest absolute Gasteiger partial charge is 0.325 e. The van der Waals surface area contributed by atoms with Gasteiger partial charge in [0.2, 0.25) is 0 Å². The summed E-state index contributed by atoms with van der Waals surface area (Å²) in [7, 11) is 0. The van der Waals surface area contributed by atoms with Crippen LogP contribution in [0.5, 0.6) is 0 Å². The Kier molecular flexibility index (Phi) is 4.80. The minimum atomic E-state index is -1.01. The van der Waals surface area contributed by atoms with Gasteiger partial charge in [-0.3, -0.25) is 0 Å². The molecule has 6 heteroatoms. The molecule has 3 N–H and O–H groups in total. The van der Waals surface area contributed by atoms with Crippen molar-refractivity contribution in [2.45, 2.75) is 25.4 Å². The van der Waals surface area contributed by atoms with Crippen molar-refractivity contribution in [3.05, 3.63) is 35.9 Å². The fraction of sp³-hybridized carbons (Fsp3) is 0.467. The zero-order valence-electron chi connectivity index (χ0n) is 12.1. The van der Waals surface area contributed by atoms with Gasteiger partial charge < -0.3 is 15.7 Å². The van der Waals surface area contributed by atoms with Crippen LogP contribution < -0.4 is 10.6 Å². The second-order valence-corrected chi connectivity index (χ2v) is 5.52. The number of nitrogens with zero attached hydrogens (tertiary/aromatic N) is 1. The molecule has 21 heavy (non-hydrogen) atoms. The Labute approximate surface area is 124 Å². The van der Waals surface area contributed by atoms with Crippen LogP contribution in [0.3, 0.4) is 0 Å². The summed E-state index contributed by atoms with van der Waals surface area (Å²) in [5.74, 6) is 0. The lowest BCUT2D eigenvalue weighted by molar-refractivity contribution is 0.0524. The highest BCUT2D eigenvalue weighted by Gasteiger charge is 2.28. The van der Waals surface area contributed by atoms with Crippen molar-refractivity contribution >= 4 is 12.1 Å². The largest absolute Gasteiger partial charge is 0.388 e. The molecular weight excluding hydrogens is 270 g/mol. The quantitative estimate of drug-likeness (QED) is 0.760. The fourth-order valence-electron chi connectivity index (χ4n) is 2.17. The number of nitrogens with one attached hydrogen (secondary N) is 2. The molecule has 1 atom stereocenters. The van der Waals surface area contributed by atoms with E-state index in [0.717, 1.165) is 16.9 Å². The summed E-state index contributed by atoms with van der Waals surface area (Å²) < 4.78 is 0. The Bertz CT molecular complexity index is 502. The van der Waals surface area contributed by atoms with Crippen LogP contribution in [0, 0.1) is 0 Å². The number of rotatable bonds is 5. The molecular formula is C15H21N3O3. The van der Waals surface area contributed by atoms with Gasteiger partial charge >= 0.3 is 12.1 Å². The number of urea groups is 2. The standard InChI is InChI=1S/C15H21N3O3/c1-15(21,8-7-12-5-3-2-4-6-12)11-17-14(20)18-10-9-16-13(18)19/h2-6,21H,7-11H2,1H3,(H,16,19)(H,17,20)/t15-/m0/s1. The van der Waals surface area contributed by atoms with Crippen LogP contribution in [0.15, 0.2) is 30.3 Å². The van der Waals surface area contributed by atoms with Gasteiger partial charge in [-0.1, -0.05) is 30.3 Å². The van der Waals surface area contributed by atoms with Crippen LogP contribution in [0.4, 0.5) is 9.59 Å². The fourth-order valence-corrected chi connectivity index (χ4v) is 2.17. The van der Waals surface area contributed by atoms with E-state index in [2.05, 4.69) is 10.6 Å². The van der Waals surface area contributed by atoms with Gasteiger partial charge in [0.05, 0.1) is 5.60 Å². The van der Waals surface area contributed by atoms with Crippen molar-refractivity contribution in [3.8, 4) is 0 Å². The maximum absolute atomic E-state index is 11.8. The Morgan fingerprint density at radius 2 is 2.14 bits per heavy atom. The number of imide groups is 1. The first-order chi connectivity index (χ1) is 9.98. The molecule has 1 aromatic carbocycles. The number of aliphatic hydroxyl groups is 1. The van der Waals surface area contributed by atoms with E-state index in [1.807, 2.05) is 30.3 Å². The van der Waals surface area contributed by atoms with E-state index in [1.165, 1.54) is 0 Å². The van der Waals surface area contributed by atoms with Crippen LogP contribution in [-0.2, 0) is 6.42 Å². The predicted octanol–water partition coefficient (Wildman–Crippen LogP) is 1.10. The maximum atomic E-state index is 11.8. The third kappa shape index (κ3) is 4.46. The molecule has 0 spiro atoms. The topological polar surface area (TPSA) is 81.7 Å². The summed E-state index contributed by atoms with van der Waals surface area (Å²) in [5.41, 5.74) is 0.129. The van der Waals surface area contributed by atoms with Crippen molar-refractivity contribution in [2.24, 2.45) is 0 Å². The van der Waals surface area contributed by atoms with E-state index < -0.39 is 17.7 Å². The number of benzene rings is 1. The highest BCUT2D eigenvalue weighted by Crippen LogP contribution is 2.13. The molecule has 6 nitrogen and oxygen atoms in total. The van der Waals surface area contributed by atoms with Crippen LogP contribution in [0.2, 0.25) is 0 Å².